The van der Waals surface area contributed by atoms with Gasteiger partial charge in [0, 0.05) is 19.1 Å². The van der Waals surface area contributed by atoms with Crippen molar-refractivity contribution in [2.24, 2.45) is 5.92 Å². The standard InChI is InChI=1S/C17H27N/c1-13(2)17-7-5-6-15(10-17)8-9-16-11-18(12-16)14(3)4/h5-7,10,13-14,16H,8-9,11-12H2,1-4H3. The van der Waals surface area contributed by atoms with Crippen molar-refractivity contribution in [2.45, 2.75) is 52.5 Å². The Labute approximate surface area is 112 Å². The van der Waals surface area contributed by atoms with Gasteiger partial charge in [0.1, 0.15) is 0 Å². The Bertz CT molecular complexity index is 375. The predicted molar refractivity (Wildman–Crippen MR) is 79.1 cm³/mol. The monoisotopic (exact) mass is 245 g/mol. The minimum atomic E-state index is 0.644. The lowest BCUT2D eigenvalue weighted by Gasteiger charge is -2.42. The lowest BCUT2D eigenvalue weighted by molar-refractivity contribution is 0.0630. The first kappa shape index (κ1) is 13.6. The Balaban J connectivity index is 1.79. The van der Waals surface area contributed by atoms with Crippen LogP contribution in [0, 0.1) is 5.92 Å². The van der Waals surface area contributed by atoms with Gasteiger partial charge in [-0.15, -0.1) is 0 Å². The second kappa shape index (κ2) is 5.88. The molecule has 1 fully saturated rings. The molecule has 0 aromatic heterocycles. The fourth-order valence-corrected chi connectivity index (χ4v) is 2.69. The Morgan fingerprint density at radius 2 is 1.89 bits per heavy atom. The summed E-state index contributed by atoms with van der Waals surface area (Å²) in [6, 6.07) is 9.86. The fourth-order valence-electron chi connectivity index (χ4n) is 2.69. The van der Waals surface area contributed by atoms with Crippen LogP contribution in [0.25, 0.3) is 0 Å². The third kappa shape index (κ3) is 3.35. The van der Waals surface area contributed by atoms with Crippen LogP contribution < -0.4 is 0 Å². The van der Waals surface area contributed by atoms with Crippen molar-refractivity contribution >= 4 is 0 Å². The van der Waals surface area contributed by atoms with Gasteiger partial charge < -0.3 is 4.90 Å². The van der Waals surface area contributed by atoms with E-state index < -0.39 is 0 Å². The number of hydrogen-bond acceptors (Lipinski definition) is 1. The van der Waals surface area contributed by atoms with Gasteiger partial charge in [0.2, 0.25) is 0 Å². The number of nitrogens with zero attached hydrogens (tertiary/aromatic N) is 1. The van der Waals surface area contributed by atoms with Gasteiger partial charge in [0.05, 0.1) is 0 Å². The van der Waals surface area contributed by atoms with E-state index in [9.17, 15) is 0 Å². The zero-order valence-corrected chi connectivity index (χ0v) is 12.3. The number of hydrogen-bond donors (Lipinski definition) is 0. The summed E-state index contributed by atoms with van der Waals surface area (Å²) >= 11 is 0. The molecule has 1 aliphatic heterocycles. The fraction of sp³-hybridized carbons (Fsp3) is 0.647. The molecule has 0 bridgehead atoms. The average Bonchev–Trinajstić information content (AvgIpc) is 2.26. The van der Waals surface area contributed by atoms with Crippen LogP contribution in [0.15, 0.2) is 24.3 Å². The molecule has 2 rings (SSSR count). The second-order valence-electron chi connectivity index (χ2n) is 6.35. The molecule has 1 aromatic carbocycles. The number of aryl methyl sites for hydroxylation is 1. The van der Waals surface area contributed by atoms with E-state index in [-0.39, 0.29) is 0 Å². The molecule has 0 amide bonds. The van der Waals surface area contributed by atoms with Crippen LogP contribution in [0.3, 0.4) is 0 Å². The van der Waals surface area contributed by atoms with E-state index in [1.54, 1.807) is 0 Å². The molecule has 0 spiro atoms. The van der Waals surface area contributed by atoms with Crippen molar-refractivity contribution in [1.82, 2.24) is 4.90 Å². The largest absolute Gasteiger partial charge is 0.300 e. The van der Waals surface area contributed by atoms with Crippen LogP contribution in [0.1, 0.15) is 51.2 Å². The molecule has 0 saturated carbocycles. The predicted octanol–water partition coefficient (Wildman–Crippen LogP) is 4.08. The summed E-state index contributed by atoms with van der Waals surface area (Å²) in [5.41, 5.74) is 2.99. The molecule has 0 aliphatic carbocycles. The van der Waals surface area contributed by atoms with Crippen LogP contribution >= 0.6 is 0 Å². The maximum atomic E-state index is 2.56. The third-order valence-corrected chi connectivity index (χ3v) is 4.17. The summed E-state index contributed by atoms with van der Waals surface area (Å²) in [5.74, 6) is 1.57. The SMILES string of the molecule is CC(C)c1cccc(CCC2CN(C(C)C)C2)c1. The molecule has 1 saturated heterocycles. The maximum Gasteiger partial charge on any atom is 0.00388 e. The molecular formula is C17H27N. The van der Waals surface area contributed by atoms with Crippen molar-refractivity contribution in [3.8, 4) is 0 Å². The van der Waals surface area contributed by atoms with Gasteiger partial charge in [-0.2, -0.15) is 0 Å². The summed E-state index contributed by atoms with van der Waals surface area (Å²) < 4.78 is 0. The molecule has 1 nitrogen and oxygen atoms in total. The van der Waals surface area contributed by atoms with Crippen molar-refractivity contribution in [3.05, 3.63) is 35.4 Å². The molecule has 0 atom stereocenters. The van der Waals surface area contributed by atoms with Crippen LogP contribution in [0.5, 0.6) is 0 Å². The minimum absolute atomic E-state index is 0.644. The molecule has 1 aliphatic rings. The van der Waals surface area contributed by atoms with Gasteiger partial charge in [-0.25, -0.2) is 0 Å². The van der Waals surface area contributed by atoms with Crippen LogP contribution in [0.2, 0.25) is 0 Å². The smallest absolute Gasteiger partial charge is 0.00388 e. The lowest BCUT2D eigenvalue weighted by Crippen LogP contribution is -2.50. The molecule has 0 unspecified atom stereocenters. The average molecular weight is 245 g/mol. The number of benzene rings is 1. The van der Waals surface area contributed by atoms with Gasteiger partial charge in [0.15, 0.2) is 0 Å². The minimum Gasteiger partial charge on any atom is -0.300 e. The van der Waals surface area contributed by atoms with E-state index in [4.69, 9.17) is 0 Å². The zero-order valence-electron chi connectivity index (χ0n) is 12.3. The number of rotatable bonds is 5. The second-order valence-corrected chi connectivity index (χ2v) is 6.35. The Morgan fingerprint density at radius 3 is 2.50 bits per heavy atom. The zero-order chi connectivity index (χ0) is 13.1. The highest BCUT2D eigenvalue weighted by Gasteiger charge is 2.27. The topological polar surface area (TPSA) is 3.24 Å². The van der Waals surface area contributed by atoms with E-state index in [1.165, 1.54) is 37.1 Å². The molecule has 0 N–H and O–H groups in total. The van der Waals surface area contributed by atoms with Crippen LogP contribution in [-0.2, 0) is 6.42 Å². The van der Waals surface area contributed by atoms with E-state index in [1.807, 2.05) is 0 Å². The van der Waals surface area contributed by atoms with Gasteiger partial charge >= 0.3 is 0 Å². The first-order valence-electron chi connectivity index (χ1n) is 7.39. The molecule has 0 radical (unpaired) electrons. The molecular weight excluding hydrogens is 218 g/mol. The summed E-state index contributed by atoms with van der Waals surface area (Å²) in [7, 11) is 0. The first-order chi connectivity index (χ1) is 8.56. The van der Waals surface area contributed by atoms with E-state index in [0.29, 0.717) is 5.92 Å². The van der Waals surface area contributed by atoms with Gasteiger partial charge in [-0.3, -0.25) is 0 Å². The molecule has 1 heteroatoms. The Hall–Kier alpha value is -0.820. The van der Waals surface area contributed by atoms with Crippen LogP contribution in [-0.4, -0.2) is 24.0 Å². The Kier molecular flexibility index (Phi) is 4.45. The van der Waals surface area contributed by atoms with Gasteiger partial charge in [-0.05, 0) is 49.7 Å². The van der Waals surface area contributed by atoms with Gasteiger partial charge in [0.25, 0.3) is 0 Å². The quantitative estimate of drug-likeness (QED) is 0.755. The van der Waals surface area contributed by atoms with Crippen molar-refractivity contribution in [2.75, 3.05) is 13.1 Å². The highest BCUT2D eigenvalue weighted by molar-refractivity contribution is 5.25. The first-order valence-corrected chi connectivity index (χ1v) is 7.39. The molecule has 1 heterocycles. The van der Waals surface area contributed by atoms with Crippen molar-refractivity contribution in [1.29, 1.82) is 0 Å². The molecule has 100 valence electrons. The van der Waals surface area contributed by atoms with Crippen LogP contribution in [0.4, 0.5) is 0 Å². The van der Waals surface area contributed by atoms with E-state index >= 15 is 0 Å². The lowest BCUT2D eigenvalue weighted by atomic mass is 9.90. The summed E-state index contributed by atoms with van der Waals surface area (Å²) in [4.78, 5) is 2.56. The third-order valence-electron chi connectivity index (χ3n) is 4.17. The Morgan fingerprint density at radius 1 is 1.17 bits per heavy atom. The van der Waals surface area contributed by atoms with Crippen molar-refractivity contribution < 1.29 is 0 Å². The molecule has 18 heavy (non-hydrogen) atoms. The highest BCUT2D eigenvalue weighted by atomic mass is 15.2. The maximum absolute atomic E-state index is 2.56. The normalized spacial score (nSPS) is 17.4. The summed E-state index contributed by atoms with van der Waals surface area (Å²) in [6.07, 6.45) is 2.60. The molecule has 1 aromatic rings. The van der Waals surface area contributed by atoms with Gasteiger partial charge in [-0.1, -0.05) is 38.1 Å². The van der Waals surface area contributed by atoms with E-state index in [0.717, 1.165) is 12.0 Å². The summed E-state index contributed by atoms with van der Waals surface area (Å²) in [6.45, 7) is 11.7. The highest BCUT2D eigenvalue weighted by Crippen LogP contribution is 2.24. The number of likely N-dealkylation sites (tertiary alicyclic amines) is 1. The van der Waals surface area contributed by atoms with Crippen molar-refractivity contribution in [3.63, 3.8) is 0 Å². The summed E-state index contributed by atoms with van der Waals surface area (Å²) in [5, 5.41) is 0. The van der Waals surface area contributed by atoms with E-state index in [2.05, 4.69) is 56.9 Å².